The molecule has 1 aromatic rings. The largest absolute Gasteiger partial charge is 0.494 e. The van der Waals surface area contributed by atoms with Gasteiger partial charge in [0.2, 0.25) is 0 Å². The molecule has 0 fully saturated rings. The third-order valence-corrected chi connectivity index (χ3v) is 2.59. The van der Waals surface area contributed by atoms with E-state index in [0.29, 0.717) is 6.61 Å². The van der Waals surface area contributed by atoms with Gasteiger partial charge in [-0.15, -0.1) is 0 Å². The molecule has 1 aromatic carbocycles. The van der Waals surface area contributed by atoms with E-state index in [0.717, 1.165) is 29.5 Å². The fraction of sp³-hybridized carbons (Fsp3) is 0.417. The van der Waals surface area contributed by atoms with Crippen LogP contribution in [0, 0.1) is 0 Å². The minimum absolute atomic E-state index is 0.247. The van der Waals surface area contributed by atoms with Crippen molar-refractivity contribution in [2.24, 2.45) is 0 Å². The lowest BCUT2D eigenvalue weighted by Gasteiger charge is -2.05. The number of rotatable bonds is 7. The summed E-state index contributed by atoms with van der Waals surface area (Å²) in [6.45, 7) is 0.635. The van der Waals surface area contributed by atoms with Crippen molar-refractivity contribution in [3.05, 3.63) is 28.7 Å². The molecule has 88 valence electrons. The lowest BCUT2D eigenvalue weighted by Crippen LogP contribution is -1.99. The first kappa shape index (κ1) is 13.0. The van der Waals surface area contributed by atoms with Crippen LogP contribution in [0.2, 0.25) is 0 Å². The van der Waals surface area contributed by atoms with Crippen LogP contribution in [0.3, 0.4) is 0 Å². The molecule has 0 aliphatic carbocycles. The van der Waals surface area contributed by atoms with E-state index in [4.69, 9.17) is 9.84 Å². The predicted molar refractivity (Wildman–Crippen MR) is 65.7 cm³/mol. The first-order valence-corrected chi connectivity index (χ1v) is 6.08. The summed E-state index contributed by atoms with van der Waals surface area (Å²) in [5.41, 5.74) is 0. The zero-order valence-electron chi connectivity index (χ0n) is 8.99. The van der Waals surface area contributed by atoms with Crippen LogP contribution in [0.15, 0.2) is 28.7 Å². The molecule has 0 aliphatic heterocycles. The molecule has 0 aromatic heterocycles. The van der Waals surface area contributed by atoms with Gasteiger partial charge in [-0.1, -0.05) is 22.0 Å². The first-order chi connectivity index (χ1) is 7.68. The van der Waals surface area contributed by atoms with Crippen molar-refractivity contribution < 1.29 is 14.6 Å². The van der Waals surface area contributed by atoms with E-state index >= 15 is 0 Å². The zero-order chi connectivity index (χ0) is 11.8. The molecule has 4 heteroatoms. The van der Waals surface area contributed by atoms with Crippen molar-refractivity contribution in [2.75, 3.05) is 6.61 Å². The average Bonchev–Trinajstić information content (AvgIpc) is 2.23. The van der Waals surface area contributed by atoms with E-state index in [-0.39, 0.29) is 6.42 Å². The Kier molecular flexibility index (Phi) is 5.93. The van der Waals surface area contributed by atoms with Crippen molar-refractivity contribution in [2.45, 2.75) is 25.7 Å². The van der Waals surface area contributed by atoms with Crippen molar-refractivity contribution in [1.82, 2.24) is 0 Å². The van der Waals surface area contributed by atoms with Crippen LogP contribution >= 0.6 is 15.9 Å². The van der Waals surface area contributed by atoms with Gasteiger partial charge in [0, 0.05) is 10.9 Å². The van der Waals surface area contributed by atoms with E-state index in [9.17, 15) is 4.79 Å². The van der Waals surface area contributed by atoms with Gasteiger partial charge < -0.3 is 9.84 Å². The SMILES string of the molecule is O=C(O)CCCCCOc1cccc(Br)c1. The lowest BCUT2D eigenvalue weighted by atomic mass is 10.2. The van der Waals surface area contributed by atoms with Crippen molar-refractivity contribution in [3.63, 3.8) is 0 Å². The fourth-order valence-electron chi connectivity index (χ4n) is 1.30. The minimum Gasteiger partial charge on any atom is -0.494 e. The maximum Gasteiger partial charge on any atom is 0.303 e. The highest BCUT2D eigenvalue weighted by atomic mass is 79.9. The van der Waals surface area contributed by atoms with E-state index < -0.39 is 5.97 Å². The number of hydrogen-bond acceptors (Lipinski definition) is 2. The molecule has 16 heavy (non-hydrogen) atoms. The molecule has 1 N–H and O–H groups in total. The number of carboxylic acids is 1. The number of aliphatic carboxylic acids is 1. The average molecular weight is 287 g/mol. The molecule has 0 bridgehead atoms. The minimum atomic E-state index is -0.729. The second kappa shape index (κ2) is 7.28. The zero-order valence-corrected chi connectivity index (χ0v) is 10.6. The molecule has 0 spiro atoms. The third-order valence-electron chi connectivity index (χ3n) is 2.10. The number of halogens is 1. The van der Waals surface area contributed by atoms with Crippen LogP contribution in [0.4, 0.5) is 0 Å². The Bertz CT molecular complexity index is 339. The molecule has 0 amide bonds. The highest BCUT2D eigenvalue weighted by Crippen LogP contribution is 2.17. The van der Waals surface area contributed by atoms with Gasteiger partial charge in [0.1, 0.15) is 5.75 Å². The number of unbranched alkanes of at least 4 members (excludes halogenated alkanes) is 2. The molecule has 0 atom stereocenters. The highest BCUT2D eigenvalue weighted by molar-refractivity contribution is 9.10. The van der Waals surface area contributed by atoms with E-state index in [2.05, 4.69) is 15.9 Å². The maximum atomic E-state index is 10.3. The third kappa shape index (κ3) is 5.75. The van der Waals surface area contributed by atoms with Crippen molar-refractivity contribution >= 4 is 21.9 Å². The normalized spacial score (nSPS) is 10.1. The van der Waals surface area contributed by atoms with Crippen molar-refractivity contribution in [1.29, 1.82) is 0 Å². The van der Waals surface area contributed by atoms with Gasteiger partial charge in [0.05, 0.1) is 6.61 Å². The van der Waals surface area contributed by atoms with E-state index in [1.807, 2.05) is 24.3 Å². The Morgan fingerprint density at radius 1 is 1.31 bits per heavy atom. The maximum absolute atomic E-state index is 10.3. The smallest absolute Gasteiger partial charge is 0.303 e. The Morgan fingerprint density at radius 2 is 2.12 bits per heavy atom. The second-order valence-electron chi connectivity index (χ2n) is 3.51. The lowest BCUT2D eigenvalue weighted by molar-refractivity contribution is -0.137. The van der Waals surface area contributed by atoms with Crippen LogP contribution in [0.5, 0.6) is 5.75 Å². The highest BCUT2D eigenvalue weighted by Gasteiger charge is 1.97. The van der Waals surface area contributed by atoms with Crippen LogP contribution < -0.4 is 4.74 Å². The molecule has 0 saturated carbocycles. The number of benzene rings is 1. The standard InChI is InChI=1S/C12H15BrO3/c13-10-5-4-6-11(9-10)16-8-3-1-2-7-12(14)15/h4-6,9H,1-3,7-8H2,(H,14,15). The molecule has 3 nitrogen and oxygen atoms in total. The summed E-state index contributed by atoms with van der Waals surface area (Å²) in [6.07, 6.45) is 2.74. The summed E-state index contributed by atoms with van der Waals surface area (Å²) in [6, 6.07) is 7.68. The molecule has 0 saturated heterocycles. The molecule has 0 radical (unpaired) electrons. The van der Waals surface area contributed by atoms with Crippen LogP contribution in [-0.2, 0) is 4.79 Å². The fourth-order valence-corrected chi connectivity index (χ4v) is 1.68. The molecule has 0 unspecified atom stereocenters. The van der Waals surface area contributed by atoms with Gasteiger partial charge in [-0.25, -0.2) is 0 Å². The van der Waals surface area contributed by atoms with Gasteiger partial charge in [-0.2, -0.15) is 0 Å². The van der Waals surface area contributed by atoms with Crippen LogP contribution in [0.25, 0.3) is 0 Å². The first-order valence-electron chi connectivity index (χ1n) is 5.28. The molecular formula is C12H15BrO3. The van der Waals surface area contributed by atoms with Gasteiger partial charge in [-0.05, 0) is 37.5 Å². The Morgan fingerprint density at radius 3 is 2.81 bits per heavy atom. The summed E-state index contributed by atoms with van der Waals surface area (Å²) in [5.74, 6) is 0.112. The molecule has 0 heterocycles. The van der Waals surface area contributed by atoms with Crippen LogP contribution in [0.1, 0.15) is 25.7 Å². The summed E-state index contributed by atoms with van der Waals surface area (Å²) in [4.78, 5) is 10.3. The van der Waals surface area contributed by atoms with Crippen molar-refractivity contribution in [3.8, 4) is 5.75 Å². The molecule has 1 rings (SSSR count). The van der Waals surface area contributed by atoms with E-state index in [1.165, 1.54) is 0 Å². The number of hydrogen-bond donors (Lipinski definition) is 1. The second-order valence-corrected chi connectivity index (χ2v) is 4.43. The number of carboxylic acid groups (broad SMARTS) is 1. The van der Waals surface area contributed by atoms with Gasteiger partial charge >= 0.3 is 5.97 Å². The number of ether oxygens (including phenoxy) is 1. The van der Waals surface area contributed by atoms with Gasteiger partial charge in [0.15, 0.2) is 0 Å². The summed E-state index contributed by atoms with van der Waals surface area (Å²) < 4.78 is 6.51. The molecular weight excluding hydrogens is 272 g/mol. The Labute approximate surface area is 104 Å². The quantitative estimate of drug-likeness (QED) is 0.781. The Balaban J connectivity index is 2.09. The topological polar surface area (TPSA) is 46.5 Å². The van der Waals surface area contributed by atoms with E-state index in [1.54, 1.807) is 0 Å². The molecule has 0 aliphatic rings. The van der Waals surface area contributed by atoms with Crippen LogP contribution in [-0.4, -0.2) is 17.7 Å². The number of carbonyl (C=O) groups is 1. The summed E-state index contributed by atoms with van der Waals surface area (Å²) in [7, 11) is 0. The van der Waals surface area contributed by atoms with Gasteiger partial charge in [-0.3, -0.25) is 4.79 Å². The Hall–Kier alpha value is -1.03. The summed E-state index contributed by atoms with van der Waals surface area (Å²) >= 11 is 3.37. The predicted octanol–water partition coefficient (Wildman–Crippen LogP) is 3.47. The monoisotopic (exact) mass is 286 g/mol. The summed E-state index contributed by atoms with van der Waals surface area (Å²) in [5, 5.41) is 8.44. The van der Waals surface area contributed by atoms with Gasteiger partial charge in [0.25, 0.3) is 0 Å².